The summed E-state index contributed by atoms with van der Waals surface area (Å²) < 4.78 is 30.5. The average molecular weight is 1520 g/mol. The fraction of sp³-hybridized carbons (Fsp3) is 0.647. The second-order valence-electron chi connectivity index (χ2n) is 28.2. The van der Waals surface area contributed by atoms with Gasteiger partial charge in [-0.3, -0.25) is 38.4 Å². The minimum absolute atomic E-state index is 0.0101. The third-order valence-electron chi connectivity index (χ3n) is 13.7. The molecule has 2 rings (SSSR count). The first kappa shape index (κ1) is 95.7. The number of hydrogen-bond donors (Lipinski definition) is 7. The van der Waals surface area contributed by atoms with Gasteiger partial charge < -0.3 is 65.6 Å². The zero-order valence-electron chi connectivity index (χ0n) is 61.4. The highest BCUT2D eigenvalue weighted by molar-refractivity contribution is 9.09. The van der Waals surface area contributed by atoms with Crippen molar-refractivity contribution in [2.75, 3.05) is 38.4 Å². The van der Waals surface area contributed by atoms with E-state index >= 15 is 0 Å². The number of nitrogens with one attached hydrogen (secondary N) is 4. The Morgan fingerprint density at radius 2 is 0.684 bits per heavy atom. The van der Waals surface area contributed by atoms with Crippen LogP contribution in [0.5, 0.6) is 0 Å². The van der Waals surface area contributed by atoms with Crippen LogP contribution in [0.15, 0.2) is 60.7 Å². The van der Waals surface area contributed by atoms with Gasteiger partial charge in [0.2, 0.25) is 0 Å². The first-order valence-corrected chi connectivity index (χ1v) is 49.1. The molecule has 0 unspecified atom stereocenters. The zero-order valence-corrected chi connectivity index (χ0v) is 67.0. The zero-order chi connectivity index (χ0) is 75.7. The fourth-order valence-electron chi connectivity index (χ4n) is 7.25. The van der Waals surface area contributed by atoms with Crippen molar-refractivity contribution < 1.29 is 96.2 Å². The van der Waals surface area contributed by atoms with E-state index in [1.54, 1.807) is 0 Å². The summed E-state index contributed by atoms with van der Waals surface area (Å²) in [6, 6.07) is 19.2. The molecule has 558 valence electrons. The van der Waals surface area contributed by atoms with Crippen LogP contribution in [0, 0.1) is 0 Å². The van der Waals surface area contributed by atoms with E-state index in [-0.39, 0.29) is 86.8 Å². The van der Waals surface area contributed by atoms with Crippen LogP contribution in [0.1, 0.15) is 110 Å². The number of carboxylic acid groups (broad SMARTS) is 1. The monoisotopic (exact) mass is 1520 g/mol. The highest BCUT2D eigenvalue weighted by Crippen LogP contribution is 2.13. The van der Waals surface area contributed by atoms with E-state index in [9.17, 15) is 57.5 Å². The largest absolute Gasteiger partial charge is 0.481 e. The van der Waals surface area contributed by atoms with Crippen molar-refractivity contribution >= 4 is 119 Å². The topological polar surface area (TPSA) is 375 Å². The molecule has 0 saturated carbocycles. The molecular formula is C68H118BrN5O20Si4. The molecule has 5 atom stereocenters. The van der Waals surface area contributed by atoms with Crippen LogP contribution < -0.4 is 27.0 Å². The molecule has 25 nitrogen and oxygen atoms in total. The maximum Gasteiger partial charge on any atom is 0.407 e. The molecule has 0 heterocycles. The van der Waals surface area contributed by atoms with E-state index in [0.717, 1.165) is 47.1 Å². The van der Waals surface area contributed by atoms with Gasteiger partial charge in [0.15, 0.2) is 23.1 Å². The minimum atomic E-state index is -1.29. The molecule has 2 aromatic rings. The van der Waals surface area contributed by atoms with Crippen LogP contribution in [-0.2, 0) is 80.0 Å². The van der Waals surface area contributed by atoms with Gasteiger partial charge in [0.05, 0.1) is 56.6 Å². The van der Waals surface area contributed by atoms with Crippen molar-refractivity contribution in [3.05, 3.63) is 71.8 Å². The molecule has 0 aliphatic heterocycles. The molecule has 0 aliphatic rings. The third kappa shape index (κ3) is 61.8. The third-order valence-corrected chi connectivity index (χ3v) is 21.1. The van der Waals surface area contributed by atoms with E-state index in [2.05, 4.69) is 116 Å². The normalized spacial score (nSPS) is 12.5. The number of carboxylic acids is 1. The predicted octanol–water partition coefficient (Wildman–Crippen LogP) is 11.8. The van der Waals surface area contributed by atoms with Gasteiger partial charge in [0, 0.05) is 63.5 Å². The van der Waals surface area contributed by atoms with Gasteiger partial charge in [-0.2, -0.15) is 0 Å². The van der Waals surface area contributed by atoms with Gasteiger partial charge in [-0.1, -0.05) is 155 Å². The summed E-state index contributed by atoms with van der Waals surface area (Å²) in [4.78, 5) is 136. The molecule has 30 heteroatoms. The number of aliphatic carboxylic acids is 1. The number of alkyl halides is 1. The van der Waals surface area contributed by atoms with E-state index < -0.39 is 98.8 Å². The molecule has 0 bridgehead atoms. The van der Waals surface area contributed by atoms with Crippen LogP contribution in [0.25, 0.3) is 0 Å². The standard InChI is InChI=1S/C19H29NO5Si.C13H17NO3.C12H24BrNO3Si.C12H23NO5Si.C12H25NO4Si/c1-15(21)17(20-19(23)24-12-13-26(2,3)4)10-11-18(22)25-14-16-8-6-5-7-9-16;1-10(15)12(14)7-8-13(16)17-9-11-5-3-2-4-6-11;1-10(15)11(6-5-7-13)14-12(16)17-8-9-18(2,3)4;1-9(14)10(5-6-11(15)16)13-12(17)18-7-8-19(2,3)4;1-10(15)11(6-5-7-14)13-12(16)17-8-9-18(2,3)4/h5-9,17H,10-14H2,1-4H3,(H,20,23);2-6,12H,7-9,14H2,1H3;11H,5-9H2,1-4H3,(H,14,16);10H,5-8H2,1-4H3,(H,13,17)(H,15,16);11,14H,5-9H2,1-4H3,(H,13,16)/t17-;12-;11-;10-;11-/m00000/s1. The van der Waals surface area contributed by atoms with Crippen molar-refractivity contribution in [3.63, 3.8) is 0 Å². The van der Waals surface area contributed by atoms with Crippen molar-refractivity contribution in [1.82, 2.24) is 21.3 Å². The number of rotatable bonds is 40. The maximum absolute atomic E-state index is 11.8. The van der Waals surface area contributed by atoms with Gasteiger partial charge in [-0.15, -0.1) is 0 Å². The number of hydrogen-bond acceptors (Lipinski definition) is 20. The Bertz CT molecular complexity index is 2630. The lowest BCUT2D eigenvalue weighted by atomic mass is 10.1. The SMILES string of the molecule is CC(=O)[C@@H](N)CCC(=O)OCc1ccccc1.CC(=O)[C@H](CCC(=O)O)NC(=O)OCC[Si](C)(C)C.CC(=O)[C@H](CCC(=O)OCc1ccccc1)NC(=O)OCC[Si](C)(C)C.CC(=O)[C@H](CCCBr)NC(=O)OCC[Si](C)(C)C.CC(=O)[C@H](CCCO)NC(=O)OCC[Si](C)(C)C. The van der Waals surface area contributed by atoms with Gasteiger partial charge in [-0.05, 0) is 115 Å². The lowest BCUT2D eigenvalue weighted by molar-refractivity contribution is -0.146. The Kier molecular flexibility index (Phi) is 52.2. The Balaban J connectivity index is -0.00000116. The average Bonchev–Trinajstić information content (AvgIpc) is 1.20. The van der Waals surface area contributed by atoms with Gasteiger partial charge in [0.25, 0.3) is 0 Å². The van der Waals surface area contributed by atoms with E-state index in [1.807, 2.05) is 60.7 Å². The molecule has 4 amide bonds. The Labute approximate surface area is 594 Å². The van der Waals surface area contributed by atoms with Crippen molar-refractivity contribution in [1.29, 1.82) is 0 Å². The van der Waals surface area contributed by atoms with Crippen molar-refractivity contribution in [2.45, 2.75) is 245 Å². The number of carbonyl (C=O) groups excluding carboxylic acids is 11. The van der Waals surface area contributed by atoms with Crippen LogP contribution in [-0.4, -0.2) is 182 Å². The number of carbonyl (C=O) groups is 12. The second-order valence-corrected chi connectivity index (χ2v) is 51.5. The van der Waals surface area contributed by atoms with E-state index in [1.165, 1.54) is 34.6 Å². The summed E-state index contributed by atoms with van der Waals surface area (Å²) in [5.74, 6) is -2.49. The number of aliphatic hydroxyl groups excluding tert-OH is 1. The lowest BCUT2D eigenvalue weighted by Gasteiger charge is -2.18. The Morgan fingerprint density at radius 1 is 0.408 bits per heavy atom. The Hall–Kier alpha value is -6.45. The number of halogens is 1. The summed E-state index contributed by atoms with van der Waals surface area (Å²) in [6.07, 6.45) is 0.749. The highest BCUT2D eigenvalue weighted by atomic mass is 79.9. The Morgan fingerprint density at radius 3 is 0.939 bits per heavy atom. The molecule has 8 N–H and O–H groups in total. The summed E-state index contributed by atoms with van der Waals surface area (Å²) in [5.41, 5.74) is 7.35. The molecular weight excluding hydrogens is 1400 g/mol. The molecule has 0 radical (unpaired) electrons. The number of Topliss-reactive ketones (excluding diaryl/α,β-unsaturated/α-hetero) is 5. The second kappa shape index (κ2) is 53.5. The summed E-state index contributed by atoms with van der Waals surface area (Å²) in [5, 5.41) is 28.2. The summed E-state index contributed by atoms with van der Waals surface area (Å²) in [6.45, 7) is 35.3. The van der Waals surface area contributed by atoms with Crippen LogP contribution in [0.2, 0.25) is 103 Å². The molecule has 2 aromatic carbocycles. The van der Waals surface area contributed by atoms with Crippen LogP contribution >= 0.6 is 15.9 Å². The number of nitrogens with two attached hydrogens (primary N) is 1. The van der Waals surface area contributed by atoms with Crippen LogP contribution in [0.3, 0.4) is 0 Å². The van der Waals surface area contributed by atoms with Crippen LogP contribution in [0.4, 0.5) is 19.2 Å². The van der Waals surface area contributed by atoms with E-state index in [4.69, 9.17) is 44.4 Å². The molecule has 0 aromatic heterocycles. The number of aliphatic hydroxyl groups is 1. The van der Waals surface area contributed by atoms with Gasteiger partial charge >= 0.3 is 42.3 Å². The van der Waals surface area contributed by atoms with Gasteiger partial charge in [0.1, 0.15) is 19.0 Å². The summed E-state index contributed by atoms with van der Waals surface area (Å²) >= 11 is 3.31. The van der Waals surface area contributed by atoms with Crippen molar-refractivity contribution in [2.24, 2.45) is 5.73 Å². The molecule has 98 heavy (non-hydrogen) atoms. The lowest BCUT2D eigenvalue weighted by Crippen LogP contribution is -2.40. The molecule has 0 aliphatic carbocycles. The van der Waals surface area contributed by atoms with Gasteiger partial charge in [-0.25, -0.2) is 19.2 Å². The number of ketones is 5. The highest BCUT2D eigenvalue weighted by Gasteiger charge is 2.24. The predicted molar refractivity (Wildman–Crippen MR) is 394 cm³/mol. The smallest absolute Gasteiger partial charge is 0.407 e. The first-order chi connectivity index (χ1) is 45.4. The molecule has 0 spiro atoms. The number of amides is 4. The first-order valence-electron chi connectivity index (χ1n) is 33.2. The van der Waals surface area contributed by atoms with E-state index in [0.29, 0.717) is 52.1 Å². The quantitative estimate of drug-likeness (QED) is 0.0141. The molecule has 0 saturated heterocycles. The summed E-state index contributed by atoms with van der Waals surface area (Å²) in [7, 11) is -4.95. The molecule has 0 fully saturated rings. The van der Waals surface area contributed by atoms with Crippen molar-refractivity contribution in [3.8, 4) is 0 Å². The maximum atomic E-state index is 11.8. The number of ether oxygens (including phenoxy) is 6. The number of esters is 2. The minimum Gasteiger partial charge on any atom is -0.481 e. The fourth-order valence-corrected chi connectivity index (χ4v) is 10.4. The number of benzene rings is 2. The number of alkyl carbamates (subject to hydrolysis) is 4.